The molecule has 2 aromatic rings. The average molecular weight is 344 g/mol. The molecular weight excluding hydrogens is 331 g/mol. The lowest BCUT2D eigenvalue weighted by Gasteiger charge is -2.07. The fraction of sp³-hybridized carbons (Fsp3) is 0.200. The summed E-state index contributed by atoms with van der Waals surface area (Å²) >= 11 is 5.77. The number of rotatable bonds is 3. The molecule has 4 nitrogen and oxygen atoms in total. The summed E-state index contributed by atoms with van der Waals surface area (Å²) < 4.78 is 39.5. The highest BCUT2D eigenvalue weighted by molar-refractivity contribution is 6.30. The highest BCUT2D eigenvalue weighted by Crippen LogP contribution is 2.30. The minimum atomic E-state index is -4.69. The van der Waals surface area contributed by atoms with Crippen LogP contribution in [0.25, 0.3) is 6.08 Å². The van der Waals surface area contributed by atoms with Crippen LogP contribution in [0.2, 0.25) is 5.02 Å². The number of carbonyl (C=O) groups is 1. The molecule has 0 saturated carbocycles. The number of benzene rings is 1. The number of hydrogen-bond donors (Lipinski definition) is 1. The van der Waals surface area contributed by atoms with Crippen molar-refractivity contribution in [2.24, 2.45) is 7.05 Å². The minimum Gasteiger partial charge on any atom is -0.326 e. The number of hydrogen-bond acceptors (Lipinski definition) is 2. The van der Waals surface area contributed by atoms with E-state index >= 15 is 0 Å². The van der Waals surface area contributed by atoms with Crippen molar-refractivity contribution >= 4 is 23.6 Å². The SMILES string of the molecule is C/C(=C\c1ccc(Cl)cc1)NC(=O)c1cn(C)nc1C(F)(F)F. The summed E-state index contributed by atoms with van der Waals surface area (Å²) in [5.41, 5.74) is -0.579. The molecule has 0 atom stereocenters. The van der Waals surface area contributed by atoms with E-state index in [4.69, 9.17) is 11.6 Å². The Bertz CT molecular complexity index is 748. The summed E-state index contributed by atoms with van der Waals surface area (Å²) in [5, 5.41) is 6.29. The van der Waals surface area contributed by atoms with Gasteiger partial charge in [0.1, 0.15) is 0 Å². The molecule has 1 aromatic carbocycles. The first-order valence-corrected chi connectivity index (χ1v) is 6.90. The van der Waals surface area contributed by atoms with Crippen LogP contribution >= 0.6 is 11.6 Å². The van der Waals surface area contributed by atoms with Gasteiger partial charge in [0, 0.05) is 24.0 Å². The summed E-state index contributed by atoms with van der Waals surface area (Å²) in [5.74, 6) is -0.867. The number of aryl methyl sites for hydroxylation is 1. The smallest absolute Gasteiger partial charge is 0.326 e. The number of nitrogens with zero attached hydrogens (tertiary/aromatic N) is 2. The van der Waals surface area contributed by atoms with Crippen LogP contribution < -0.4 is 5.32 Å². The summed E-state index contributed by atoms with van der Waals surface area (Å²) in [6.45, 7) is 1.58. The topological polar surface area (TPSA) is 46.9 Å². The minimum absolute atomic E-state index is 0.398. The number of allylic oxidation sites excluding steroid dienone is 1. The van der Waals surface area contributed by atoms with Crippen molar-refractivity contribution in [3.63, 3.8) is 0 Å². The van der Waals surface area contributed by atoms with Crippen molar-refractivity contribution in [1.29, 1.82) is 0 Å². The van der Waals surface area contributed by atoms with Crippen LogP contribution in [0.1, 0.15) is 28.5 Å². The molecule has 0 aliphatic heterocycles. The third kappa shape index (κ3) is 4.35. The normalized spacial score (nSPS) is 12.3. The number of amides is 1. The molecular formula is C15H13ClF3N3O. The van der Waals surface area contributed by atoms with Crippen molar-refractivity contribution in [3.8, 4) is 0 Å². The highest BCUT2D eigenvalue weighted by atomic mass is 35.5. The van der Waals surface area contributed by atoms with Crippen LogP contribution in [0.5, 0.6) is 0 Å². The van der Waals surface area contributed by atoms with Gasteiger partial charge in [-0.25, -0.2) is 0 Å². The third-order valence-corrected chi connectivity index (χ3v) is 3.16. The van der Waals surface area contributed by atoms with Gasteiger partial charge in [0.25, 0.3) is 5.91 Å². The van der Waals surface area contributed by atoms with Gasteiger partial charge in [0.15, 0.2) is 5.69 Å². The van der Waals surface area contributed by atoms with Crippen LogP contribution in [0.3, 0.4) is 0 Å². The summed E-state index contributed by atoms with van der Waals surface area (Å²) in [4.78, 5) is 12.1. The molecule has 122 valence electrons. The number of alkyl halides is 3. The van der Waals surface area contributed by atoms with Gasteiger partial charge in [-0.1, -0.05) is 23.7 Å². The first-order chi connectivity index (χ1) is 10.7. The number of nitrogens with one attached hydrogen (secondary N) is 1. The van der Waals surface area contributed by atoms with Gasteiger partial charge in [-0.15, -0.1) is 0 Å². The second kappa shape index (κ2) is 6.45. The van der Waals surface area contributed by atoms with Crippen LogP contribution in [-0.2, 0) is 13.2 Å². The number of halogens is 4. The lowest BCUT2D eigenvalue weighted by Crippen LogP contribution is -2.24. The van der Waals surface area contributed by atoms with Crippen molar-refractivity contribution in [3.05, 3.63) is 58.0 Å². The Kier molecular flexibility index (Phi) is 4.79. The Hall–Kier alpha value is -2.28. The van der Waals surface area contributed by atoms with Gasteiger partial charge in [0.2, 0.25) is 0 Å². The van der Waals surface area contributed by atoms with E-state index in [0.29, 0.717) is 10.7 Å². The van der Waals surface area contributed by atoms with E-state index in [-0.39, 0.29) is 0 Å². The molecule has 0 bridgehead atoms. The maximum atomic E-state index is 12.9. The number of carbonyl (C=O) groups excluding carboxylic acids is 1. The zero-order chi connectivity index (χ0) is 17.2. The Labute approximate surface area is 135 Å². The summed E-state index contributed by atoms with van der Waals surface area (Å²) in [6, 6.07) is 6.79. The molecule has 0 fully saturated rings. The van der Waals surface area contributed by atoms with Crippen LogP contribution in [0, 0.1) is 0 Å². The zero-order valence-electron chi connectivity index (χ0n) is 12.3. The molecule has 0 saturated heterocycles. The van der Waals surface area contributed by atoms with E-state index in [9.17, 15) is 18.0 Å². The molecule has 23 heavy (non-hydrogen) atoms. The van der Waals surface area contributed by atoms with Gasteiger partial charge < -0.3 is 5.32 Å². The van der Waals surface area contributed by atoms with Gasteiger partial charge in [-0.2, -0.15) is 18.3 Å². The molecule has 0 unspecified atom stereocenters. The van der Waals surface area contributed by atoms with E-state index in [1.165, 1.54) is 7.05 Å². The lowest BCUT2D eigenvalue weighted by atomic mass is 10.2. The molecule has 0 aliphatic carbocycles. The Morgan fingerprint density at radius 1 is 1.30 bits per heavy atom. The van der Waals surface area contributed by atoms with Gasteiger partial charge in [0.05, 0.1) is 5.56 Å². The summed E-state index contributed by atoms with van der Waals surface area (Å²) in [6.07, 6.45) is -2.03. The fourth-order valence-electron chi connectivity index (χ4n) is 1.96. The van der Waals surface area contributed by atoms with Gasteiger partial charge >= 0.3 is 6.18 Å². The second-order valence-electron chi connectivity index (χ2n) is 4.90. The molecule has 1 amide bonds. The molecule has 0 spiro atoms. The van der Waals surface area contributed by atoms with Crippen LogP contribution in [0.15, 0.2) is 36.2 Å². The van der Waals surface area contributed by atoms with Crippen LogP contribution in [-0.4, -0.2) is 15.7 Å². The fourth-order valence-corrected chi connectivity index (χ4v) is 2.08. The first kappa shape index (κ1) is 17.1. The third-order valence-electron chi connectivity index (χ3n) is 2.91. The van der Waals surface area contributed by atoms with E-state index in [2.05, 4.69) is 10.4 Å². The molecule has 1 aromatic heterocycles. The van der Waals surface area contributed by atoms with Crippen molar-refractivity contribution in [1.82, 2.24) is 15.1 Å². The Morgan fingerprint density at radius 2 is 1.91 bits per heavy atom. The maximum absolute atomic E-state index is 12.9. The number of aromatic nitrogens is 2. The molecule has 0 radical (unpaired) electrons. The lowest BCUT2D eigenvalue weighted by molar-refractivity contribution is -0.141. The van der Waals surface area contributed by atoms with E-state index in [1.807, 2.05) is 0 Å². The Balaban J connectivity index is 2.20. The summed E-state index contributed by atoms with van der Waals surface area (Å²) in [7, 11) is 1.32. The van der Waals surface area contributed by atoms with E-state index in [1.54, 1.807) is 37.3 Å². The largest absolute Gasteiger partial charge is 0.435 e. The molecule has 2 rings (SSSR count). The average Bonchev–Trinajstić information content (AvgIpc) is 2.83. The van der Waals surface area contributed by atoms with Crippen molar-refractivity contribution in [2.45, 2.75) is 13.1 Å². The van der Waals surface area contributed by atoms with E-state index < -0.39 is 23.3 Å². The molecule has 1 heterocycles. The predicted molar refractivity (Wildman–Crippen MR) is 80.8 cm³/mol. The Morgan fingerprint density at radius 3 is 2.48 bits per heavy atom. The molecule has 1 N–H and O–H groups in total. The maximum Gasteiger partial charge on any atom is 0.435 e. The first-order valence-electron chi connectivity index (χ1n) is 6.53. The highest BCUT2D eigenvalue weighted by Gasteiger charge is 2.38. The van der Waals surface area contributed by atoms with Crippen molar-refractivity contribution in [2.75, 3.05) is 0 Å². The second-order valence-corrected chi connectivity index (χ2v) is 5.33. The predicted octanol–water partition coefficient (Wildman–Crippen LogP) is 3.88. The molecule has 8 heteroatoms. The standard InChI is InChI=1S/C15H13ClF3N3O/c1-9(7-10-3-5-11(16)6-4-10)20-14(23)12-8-22(2)21-13(12)15(17,18)19/h3-8H,1-2H3,(H,20,23)/b9-7+. The monoisotopic (exact) mass is 343 g/mol. The quantitative estimate of drug-likeness (QED) is 0.919. The van der Waals surface area contributed by atoms with Crippen molar-refractivity contribution < 1.29 is 18.0 Å². The molecule has 0 aliphatic rings. The van der Waals surface area contributed by atoms with Gasteiger partial charge in [-0.05, 0) is 30.7 Å². The van der Waals surface area contributed by atoms with Crippen LogP contribution in [0.4, 0.5) is 13.2 Å². The van der Waals surface area contributed by atoms with Gasteiger partial charge in [-0.3, -0.25) is 9.48 Å². The zero-order valence-corrected chi connectivity index (χ0v) is 13.0. The van der Waals surface area contributed by atoms with E-state index in [0.717, 1.165) is 16.4 Å².